The monoisotopic (exact) mass is 132 g/mol. The molecule has 1 aliphatic rings. The van der Waals surface area contributed by atoms with Crippen LogP contribution >= 0.6 is 11.8 Å². The first-order valence-electron chi connectivity index (χ1n) is 2.57. The molecule has 1 saturated heterocycles. The summed E-state index contributed by atoms with van der Waals surface area (Å²) in [6.07, 6.45) is 0.104. The molecule has 1 rings (SSSR count). The molecule has 0 radical (unpaired) electrons. The van der Waals surface area contributed by atoms with Crippen molar-refractivity contribution in [1.82, 2.24) is 0 Å². The lowest BCUT2D eigenvalue weighted by Gasteiger charge is -2.02. The van der Waals surface area contributed by atoms with Crippen LogP contribution in [0.25, 0.3) is 0 Å². The average Bonchev–Trinajstić information content (AvgIpc) is 1.85. The van der Waals surface area contributed by atoms with E-state index in [1.54, 1.807) is 0 Å². The van der Waals surface area contributed by atoms with E-state index in [1.807, 2.05) is 13.8 Å². The van der Waals surface area contributed by atoms with E-state index >= 15 is 0 Å². The Hall–Kier alpha value is -0.180. The van der Waals surface area contributed by atoms with E-state index in [2.05, 4.69) is 0 Å². The van der Waals surface area contributed by atoms with Gasteiger partial charge in [-0.05, 0) is 25.6 Å². The number of carbonyl (C=O) groups is 1. The highest BCUT2D eigenvalue weighted by molar-refractivity contribution is 8.14. The Balaban J connectivity index is 2.51. The number of thioether (sulfide) groups is 1. The second kappa shape index (κ2) is 1.97. The maximum atomic E-state index is 10.4. The highest BCUT2D eigenvalue weighted by Crippen LogP contribution is 2.26. The van der Waals surface area contributed by atoms with Gasteiger partial charge < -0.3 is 4.74 Å². The van der Waals surface area contributed by atoms with Crippen molar-refractivity contribution in [3.8, 4) is 0 Å². The number of carbonyl (C=O) groups excluding carboxylic acids is 1. The molecule has 0 spiro atoms. The molecule has 8 heavy (non-hydrogen) atoms. The fourth-order valence-electron chi connectivity index (χ4n) is 0.523. The molecule has 46 valence electrons. The smallest absolute Gasteiger partial charge is 0.367 e. The zero-order valence-electron chi connectivity index (χ0n) is 4.88. The van der Waals surface area contributed by atoms with Gasteiger partial charge in [0.25, 0.3) is 0 Å². The zero-order chi connectivity index (χ0) is 6.15. The van der Waals surface area contributed by atoms with Gasteiger partial charge in [0.15, 0.2) is 0 Å². The van der Waals surface area contributed by atoms with E-state index in [0.717, 1.165) is 0 Å². The largest absolute Gasteiger partial charge is 0.453 e. The predicted molar refractivity (Wildman–Crippen MR) is 33.0 cm³/mol. The van der Waals surface area contributed by atoms with Crippen LogP contribution < -0.4 is 0 Å². The van der Waals surface area contributed by atoms with Crippen LogP contribution in [0, 0.1) is 0 Å². The molecule has 0 aromatic heterocycles. The summed E-state index contributed by atoms with van der Waals surface area (Å²) in [4.78, 5) is 10.4. The molecular formula is C5H8O2S. The van der Waals surface area contributed by atoms with Crippen molar-refractivity contribution >= 4 is 17.1 Å². The van der Waals surface area contributed by atoms with Gasteiger partial charge in [-0.25, -0.2) is 4.79 Å². The lowest BCUT2D eigenvalue weighted by atomic mass is 10.3. The lowest BCUT2D eigenvalue weighted by Crippen LogP contribution is -2.10. The van der Waals surface area contributed by atoms with E-state index in [9.17, 15) is 4.79 Å². The summed E-state index contributed by atoms with van der Waals surface area (Å²) in [5, 5.41) is 0.201. The molecule has 1 fully saturated rings. The van der Waals surface area contributed by atoms with Crippen LogP contribution in [0.2, 0.25) is 0 Å². The first kappa shape index (κ1) is 5.95. The Morgan fingerprint density at radius 1 is 1.62 bits per heavy atom. The Morgan fingerprint density at radius 3 is 2.38 bits per heavy atom. The van der Waals surface area contributed by atoms with Gasteiger partial charge >= 0.3 is 5.30 Å². The fourth-order valence-corrected chi connectivity index (χ4v) is 1.28. The standard InChI is InChI=1S/C5H8O2S/c1-3-4(2)8-5(6)7-3/h3-4H,1-2H3/t3-,4-/m0/s1. The Labute approximate surface area is 52.6 Å². The van der Waals surface area contributed by atoms with Crippen molar-refractivity contribution in [2.75, 3.05) is 0 Å². The Morgan fingerprint density at radius 2 is 2.25 bits per heavy atom. The number of rotatable bonds is 0. The zero-order valence-corrected chi connectivity index (χ0v) is 5.70. The van der Waals surface area contributed by atoms with Gasteiger partial charge in [-0.1, -0.05) is 0 Å². The van der Waals surface area contributed by atoms with Crippen molar-refractivity contribution < 1.29 is 9.53 Å². The van der Waals surface area contributed by atoms with Crippen molar-refractivity contribution in [1.29, 1.82) is 0 Å². The van der Waals surface area contributed by atoms with Gasteiger partial charge in [0, 0.05) is 5.25 Å². The van der Waals surface area contributed by atoms with Crippen LogP contribution in [-0.4, -0.2) is 16.7 Å². The number of hydrogen-bond donors (Lipinski definition) is 0. The fraction of sp³-hybridized carbons (Fsp3) is 0.800. The van der Waals surface area contributed by atoms with Crippen LogP contribution in [0.3, 0.4) is 0 Å². The maximum absolute atomic E-state index is 10.4. The normalized spacial score (nSPS) is 37.5. The van der Waals surface area contributed by atoms with Crippen LogP contribution in [0.1, 0.15) is 13.8 Å². The molecule has 0 amide bonds. The first-order chi connectivity index (χ1) is 3.70. The van der Waals surface area contributed by atoms with E-state index < -0.39 is 0 Å². The molecule has 1 aliphatic heterocycles. The molecular weight excluding hydrogens is 124 g/mol. The predicted octanol–water partition coefficient (Wildman–Crippen LogP) is 1.65. The second-order valence-electron chi connectivity index (χ2n) is 1.90. The minimum atomic E-state index is -0.134. The molecule has 0 unspecified atom stereocenters. The van der Waals surface area contributed by atoms with Gasteiger partial charge in [-0.3, -0.25) is 0 Å². The SMILES string of the molecule is C[C@@H]1OC(=O)S[C@H]1C. The molecule has 1 heterocycles. The van der Waals surface area contributed by atoms with Gasteiger partial charge in [0.2, 0.25) is 0 Å². The summed E-state index contributed by atoms with van der Waals surface area (Å²) in [7, 11) is 0. The number of cyclic esters (lactones) is 1. The van der Waals surface area contributed by atoms with E-state index in [4.69, 9.17) is 4.74 Å². The van der Waals surface area contributed by atoms with Crippen molar-refractivity contribution in [3.05, 3.63) is 0 Å². The van der Waals surface area contributed by atoms with Gasteiger partial charge in [0.05, 0.1) is 0 Å². The third kappa shape index (κ3) is 0.968. The quantitative estimate of drug-likeness (QED) is 0.469. The second-order valence-corrected chi connectivity index (χ2v) is 3.21. The van der Waals surface area contributed by atoms with Crippen LogP contribution in [0.4, 0.5) is 4.79 Å². The van der Waals surface area contributed by atoms with E-state index in [-0.39, 0.29) is 11.4 Å². The topological polar surface area (TPSA) is 26.3 Å². The van der Waals surface area contributed by atoms with Crippen LogP contribution in [-0.2, 0) is 4.74 Å². The van der Waals surface area contributed by atoms with E-state index in [1.165, 1.54) is 11.8 Å². The number of hydrogen-bond acceptors (Lipinski definition) is 3. The molecule has 0 aliphatic carbocycles. The minimum Gasteiger partial charge on any atom is -0.453 e. The van der Waals surface area contributed by atoms with Crippen molar-refractivity contribution in [2.24, 2.45) is 0 Å². The maximum Gasteiger partial charge on any atom is 0.367 e. The third-order valence-corrected chi connectivity index (χ3v) is 2.27. The minimum absolute atomic E-state index is 0.104. The molecule has 0 aromatic carbocycles. The molecule has 2 atom stereocenters. The summed E-state index contributed by atoms with van der Waals surface area (Å²) >= 11 is 1.27. The van der Waals surface area contributed by atoms with Crippen LogP contribution in [0.5, 0.6) is 0 Å². The summed E-state index contributed by atoms with van der Waals surface area (Å²) in [5.41, 5.74) is 0. The molecule has 0 bridgehead atoms. The molecule has 0 aromatic rings. The Kier molecular flexibility index (Phi) is 1.47. The van der Waals surface area contributed by atoms with Crippen molar-refractivity contribution in [3.63, 3.8) is 0 Å². The molecule has 0 N–H and O–H groups in total. The van der Waals surface area contributed by atoms with Crippen molar-refractivity contribution in [2.45, 2.75) is 25.2 Å². The van der Waals surface area contributed by atoms with Gasteiger partial charge in [-0.15, -0.1) is 0 Å². The summed E-state index contributed by atoms with van der Waals surface area (Å²) in [6, 6.07) is 0. The molecule has 2 nitrogen and oxygen atoms in total. The molecule has 3 heteroatoms. The van der Waals surface area contributed by atoms with Crippen LogP contribution in [0.15, 0.2) is 0 Å². The average molecular weight is 132 g/mol. The highest BCUT2D eigenvalue weighted by atomic mass is 32.2. The molecule has 0 saturated carbocycles. The summed E-state index contributed by atoms with van der Waals surface area (Å²) < 4.78 is 4.80. The van der Waals surface area contributed by atoms with E-state index in [0.29, 0.717) is 5.25 Å². The lowest BCUT2D eigenvalue weighted by molar-refractivity contribution is 0.144. The number of ether oxygens (including phenoxy) is 1. The first-order valence-corrected chi connectivity index (χ1v) is 3.45. The third-order valence-electron chi connectivity index (χ3n) is 1.23. The summed E-state index contributed by atoms with van der Waals surface area (Å²) in [5.74, 6) is 0. The highest BCUT2D eigenvalue weighted by Gasteiger charge is 2.27. The summed E-state index contributed by atoms with van der Waals surface area (Å²) in [6.45, 7) is 3.89. The Bertz CT molecular complexity index is 101. The van der Waals surface area contributed by atoms with Gasteiger partial charge in [-0.2, -0.15) is 0 Å². The van der Waals surface area contributed by atoms with Gasteiger partial charge in [0.1, 0.15) is 6.10 Å².